The van der Waals surface area contributed by atoms with E-state index in [2.05, 4.69) is 24.4 Å². The predicted molar refractivity (Wildman–Crippen MR) is 105 cm³/mol. The van der Waals surface area contributed by atoms with Gasteiger partial charge in [-0.1, -0.05) is 43.3 Å². The van der Waals surface area contributed by atoms with Crippen molar-refractivity contribution in [2.45, 2.75) is 39.5 Å². The molecule has 0 fully saturated rings. The largest absolute Gasteiger partial charge is 0.490 e. The van der Waals surface area contributed by atoms with Gasteiger partial charge in [-0.15, -0.1) is 0 Å². The molecular weight excluding hydrogens is 326 g/mol. The number of amides is 1. The molecule has 0 spiro atoms. The lowest BCUT2D eigenvalue weighted by Gasteiger charge is -2.14. The molecule has 2 rings (SSSR count). The highest BCUT2D eigenvalue weighted by Crippen LogP contribution is 2.29. The Hall–Kier alpha value is -2.49. The van der Waals surface area contributed by atoms with Crippen LogP contribution in [0, 0.1) is 0 Å². The van der Waals surface area contributed by atoms with E-state index < -0.39 is 0 Å². The zero-order chi connectivity index (χ0) is 18.8. The fourth-order valence-electron chi connectivity index (χ4n) is 2.76. The molecule has 0 aromatic heterocycles. The highest BCUT2D eigenvalue weighted by atomic mass is 16.5. The molecule has 4 heteroatoms. The molecule has 1 amide bonds. The van der Waals surface area contributed by atoms with Gasteiger partial charge in [-0.2, -0.15) is 0 Å². The Balaban J connectivity index is 1.84. The standard InChI is InChI=1S/C22H29NO3/c1-4-25-20-13-11-18(15-21(20)26-5-2)12-14-22(24)23-16-17(3)19-9-7-6-8-10-19/h6-11,13,15,17H,4-5,12,14,16H2,1-3H3,(H,23,24)/t17-/m1/s1. The summed E-state index contributed by atoms with van der Waals surface area (Å²) in [6, 6.07) is 16.1. The van der Waals surface area contributed by atoms with Crippen molar-refractivity contribution in [3.63, 3.8) is 0 Å². The van der Waals surface area contributed by atoms with Gasteiger partial charge < -0.3 is 14.8 Å². The molecule has 0 saturated heterocycles. The summed E-state index contributed by atoms with van der Waals surface area (Å²) in [6.45, 7) is 7.85. The summed E-state index contributed by atoms with van der Waals surface area (Å²) in [5, 5.41) is 3.03. The summed E-state index contributed by atoms with van der Waals surface area (Å²) in [7, 11) is 0. The Morgan fingerprint density at radius 2 is 1.69 bits per heavy atom. The number of aryl methyl sites for hydroxylation is 1. The molecule has 1 atom stereocenters. The molecule has 0 heterocycles. The molecule has 140 valence electrons. The molecule has 0 saturated carbocycles. The number of carbonyl (C=O) groups is 1. The Labute approximate surface area is 156 Å². The first-order valence-corrected chi connectivity index (χ1v) is 9.34. The third kappa shape index (κ3) is 6.10. The maximum absolute atomic E-state index is 12.2. The summed E-state index contributed by atoms with van der Waals surface area (Å²) in [4.78, 5) is 12.2. The van der Waals surface area contributed by atoms with Crippen LogP contribution in [0.4, 0.5) is 0 Å². The second-order valence-corrected chi connectivity index (χ2v) is 6.26. The summed E-state index contributed by atoms with van der Waals surface area (Å²) < 4.78 is 11.2. The maximum Gasteiger partial charge on any atom is 0.220 e. The van der Waals surface area contributed by atoms with E-state index in [4.69, 9.17) is 9.47 Å². The number of rotatable bonds is 10. The minimum absolute atomic E-state index is 0.0691. The van der Waals surface area contributed by atoms with Crippen LogP contribution in [-0.2, 0) is 11.2 Å². The van der Waals surface area contributed by atoms with Gasteiger partial charge in [-0.05, 0) is 49.4 Å². The Bertz CT molecular complexity index is 685. The summed E-state index contributed by atoms with van der Waals surface area (Å²) >= 11 is 0. The van der Waals surface area contributed by atoms with Crippen molar-refractivity contribution < 1.29 is 14.3 Å². The first-order chi connectivity index (χ1) is 12.6. The lowest BCUT2D eigenvalue weighted by atomic mass is 10.0. The van der Waals surface area contributed by atoms with Gasteiger partial charge in [0.05, 0.1) is 13.2 Å². The molecule has 1 N–H and O–H groups in total. The van der Waals surface area contributed by atoms with Gasteiger partial charge in [-0.3, -0.25) is 4.79 Å². The smallest absolute Gasteiger partial charge is 0.220 e. The average Bonchev–Trinajstić information content (AvgIpc) is 2.67. The molecule has 26 heavy (non-hydrogen) atoms. The first kappa shape index (κ1) is 19.8. The van der Waals surface area contributed by atoms with E-state index in [9.17, 15) is 4.79 Å². The average molecular weight is 355 g/mol. The van der Waals surface area contributed by atoms with Crippen LogP contribution in [0.1, 0.15) is 44.2 Å². The van der Waals surface area contributed by atoms with Crippen LogP contribution >= 0.6 is 0 Å². The highest BCUT2D eigenvalue weighted by Gasteiger charge is 2.10. The molecule has 0 radical (unpaired) electrons. The van der Waals surface area contributed by atoms with Crippen molar-refractivity contribution in [3.8, 4) is 11.5 Å². The van der Waals surface area contributed by atoms with Gasteiger partial charge in [0.15, 0.2) is 11.5 Å². The van der Waals surface area contributed by atoms with E-state index in [0.717, 1.165) is 17.1 Å². The van der Waals surface area contributed by atoms with E-state index in [0.29, 0.717) is 38.5 Å². The van der Waals surface area contributed by atoms with E-state index in [1.165, 1.54) is 5.56 Å². The van der Waals surface area contributed by atoms with Crippen LogP contribution in [0.25, 0.3) is 0 Å². The predicted octanol–water partition coefficient (Wildman–Crippen LogP) is 4.34. The number of carbonyl (C=O) groups excluding carboxylic acids is 1. The highest BCUT2D eigenvalue weighted by molar-refractivity contribution is 5.76. The molecule has 0 aliphatic carbocycles. The van der Waals surface area contributed by atoms with Crippen molar-refractivity contribution in [1.82, 2.24) is 5.32 Å². The monoisotopic (exact) mass is 355 g/mol. The molecular formula is C22H29NO3. The SMILES string of the molecule is CCOc1ccc(CCC(=O)NC[C@@H](C)c2ccccc2)cc1OCC. The molecule has 0 aliphatic rings. The van der Waals surface area contributed by atoms with Crippen molar-refractivity contribution >= 4 is 5.91 Å². The normalized spacial score (nSPS) is 11.7. The number of benzene rings is 2. The molecule has 0 bridgehead atoms. The Kier molecular flexibility index (Phi) is 8.00. The Morgan fingerprint density at radius 1 is 1.00 bits per heavy atom. The van der Waals surface area contributed by atoms with E-state index in [-0.39, 0.29) is 5.91 Å². The molecule has 4 nitrogen and oxygen atoms in total. The minimum atomic E-state index is 0.0691. The summed E-state index contributed by atoms with van der Waals surface area (Å²) in [6.07, 6.45) is 1.14. The second kappa shape index (κ2) is 10.5. The van der Waals surface area contributed by atoms with Crippen LogP contribution in [0.2, 0.25) is 0 Å². The van der Waals surface area contributed by atoms with E-state index in [1.807, 2.05) is 50.2 Å². The van der Waals surface area contributed by atoms with Gasteiger partial charge >= 0.3 is 0 Å². The van der Waals surface area contributed by atoms with Gasteiger partial charge in [0.25, 0.3) is 0 Å². The van der Waals surface area contributed by atoms with Gasteiger partial charge in [0.1, 0.15) is 0 Å². The molecule has 2 aromatic rings. The van der Waals surface area contributed by atoms with Crippen LogP contribution < -0.4 is 14.8 Å². The van der Waals surface area contributed by atoms with Crippen LogP contribution in [0.3, 0.4) is 0 Å². The van der Waals surface area contributed by atoms with Gasteiger partial charge in [0.2, 0.25) is 5.91 Å². The fourth-order valence-corrected chi connectivity index (χ4v) is 2.76. The van der Waals surface area contributed by atoms with Crippen LogP contribution in [0.5, 0.6) is 11.5 Å². The number of hydrogen-bond acceptors (Lipinski definition) is 3. The lowest BCUT2D eigenvalue weighted by molar-refractivity contribution is -0.121. The number of hydrogen-bond donors (Lipinski definition) is 1. The lowest BCUT2D eigenvalue weighted by Crippen LogP contribution is -2.27. The van der Waals surface area contributed by atoms with Crippen LogP contribution in [-0.4, -0.2) is 25.7 Å². The van der Waals surface area contributed by atoms with Crippen molar-refractivity contribution in [3.05, 3.63) is 59.7 Å². The van der Waals surface area contributed by atoms with E-state index in [1.54, 1.807) is 0 Å². The Morgan fingerprint density at radius 3 is 2.38 bits per heavy atom. The summed E-state index contributed by atoms with van der Waals surface area (Å²) in [5.74, 6) is 1.86. The first-order valence-electron chi connectivity index (χ1n) is 9.34. The molecule has 0 unspecified atom stereocenters. The number of ether oxygens (including phenoxy) is 2. The fraction of sp³-hybridized carbons (Fsp3) is 0.409. The van der Waals surface area contributed by atoms with Crippen molar-refractivity contribution in [2.24, 2.45) is 0 Å². The van der Waals surface area contributed by atoms with Crippen LogP contribution in [0.15, 0.2) is 48.5 Å². The summed E-state index contributed by atoms with van der Waals surface area (Å²) in [5.41, 5.74) is 2.31. The minimum Gasteiger partial charge on any atom is -0.490 e. The molecule has 2 aromatic carbocycles. The third-order valence-electron chi connectivity index (χ3n) is 4.22. The topological polar surface area (TPSA) is 47.6 Å². The third-order valence-corrected chi connectivity index (χ3v) is 4.22. The van der Waals surface area contributed by atoms with Crippen molar-refractivity contribution in [2.75, 3.05) is 19.8 Å². The quantitative estimate of drug-likeness (QED) is 0.690. The van der Waals surface area contributed by atoms with E-state index >= 15 is 0 Å². The molecule has 0 aliphatic heterocycles. The maximum atomic E-state index is 12.2. The number of nitrogens with one attached hydrogen (secondary N) is 1. The van der Waals surface area contributed by atoms with Gasteiger partial charge in [0, 0.05) is 13.0 Å². The zero-order valence-electron chi connectivity index (χ0n) is 16.0. The zero-order valence-corrected chi connectivity index (χ0v) is 16.0. The van der Waals surface area contributed by atoms with Gasteiger partial charge in [-0.25, -0.2) is 0 Å². The second-order valence-electron chi connectivity index (χ2n) is 6.26. The van der Waals surface area contributed by atoms with Crippen molar-refractivity contribution in [1.29, 1.82) is 0 Å².